The highest BCUT2D eigenvalue weighted by molar-refractivity contribution is 5.82. The maximum atomic E-state index is 12.6. The zero-order valence-corrected chi connectivity index (χ0v) is 14.3. The molecule has 0 fully saturated rings. The van der Waals surface area contributed by atoms with Crippen LogP contribution in [-0.2, 0) is 17.8 Å². The van der Waals surface area contributed by atoms with E-state index in [2.05, 4.69) is 17.4 Å². The van der Waals surface area contributed by atoms with Gasteiger partial charge in [-0.05, 0) is 36.1 Å². The van der Waals surface area contributed by atoms with E-state index in [1.54, 1.807) is 4.90 Å². The summed E-state index contributed by atoms with van der Waals surface area (Å²) in [6.45, 7) is 3.84. The van der Waals surface area contributed by atoms with Crippen LogP contribution in [0.1, 0.15) is 16.7 Å². The SMILES string of the molecule is Cc1ccccc1OCCN(C)C(=O)C1Cc2ccccc2CN1. The topological polar surface area (TPSA) is 41.6 Å². The second-order valence-corrected chi connectivity index (χ2v) is 6.28. The molecule has 1 aliphatic rings. The Morgan fingerprint density at radius 3 is 2.67 bits per heavy atom. The molecule has 24 heavy (non-hydrogen) atoms. The summed E-state index contributed by atoms with van der Waals surface area (Å²) in [7, 11) is 1.84. The Hall–Kier alpha value is -2.33. The first-order valence-electron chi connectivity index (χ1n) is 8.38. The van der Waals surface area contributed by atoms with Gasteiger partial charge in [0.15, 0.2) is 0 Å². The van der Waals surface area contributed by atoms with Gasteiger partial charge >= 0.3 is 0 Å². The molecule has 4 nitrogen and oxygen atoms in total. The number of carbonyl (C=O) groups excluding carboxylic acids is 1. The molecule has 1 amide bonds. The molecule has 2 aromatic carbocycles. The van der Waals surface area contributed by atoms with Crippen LogP contribution in [0.5, 0.6) is 5.75 Å². The summed E-state index contributed by atoms with van der Waals surface area (Å²) in [6, 6.07) is 16.1. The third-order valence-electron chi connectivity index (χ3n) is 4.53. The minimum absolute atomic E-state index is 0.123. The number of para-hydroxylation sites is 1. The van der Waals surface area contributed by atoms with E-state index in [1.165, 1.54) is 11.1 Å². The molecule has 0 radical (unpaired) electrons. The van der Waals surface area contributed by atoms with Crippen LogP contribution in [0.25, 0.3) is 0 Å². The molecule has 3 rings (SSSR count). The Morgan fingerprint density at radius 1 is 1.17 bits per heavy atom. The van der Waals surface area contributed by atoms with Crippen molar-refractivity contribution in [3.05, 3.63) is 65.2 Å². The summed E-state index contributed by atoms with van der Waals surface area (Å²) in [5.41, 5.74) is 3.66. The number of fused-ring (bicyclic) bond motifs is 1. The lowest BCUT2D eigenvalue weighted by Crippen LogP contribution is -2.49. The van der Waals surface area contributed by atoms with Gasteiger partial charge in [0.2, 0.25) is 5.91 Å². The number of amides is 1. The maximum Gasteiger partial charge on any atom is 0.239 e. The summed E-state index contributed by atoms with van der Waals surface area (Å²) in [4.78, 5) is 14.4. The number of carbonyl (C=O) groups is 1. The lowest BCUT2D eigenvalue weighted by Gasteiger charge is -2.29. The Bertz CT molecular complexity index is 714. The van der Waals surface area contributed by atoms with Crippen LogP contribution >= 0.6 is 0 Å². The summed E-state index contributed by atoms with van der Waals surface area (Å²) >= 11 is 0. The number of ether oxygens (including phenoxy) is 1. The Labute approximate surface area is 143 Å². The zero-order valence-electron chi connectivity index (χ0n) is 14.3. The highest BCUT2D eigenvalue weighted by Gasteiger charge is 2.26. The third-order valence-corrected chi connectivity index (χ3v) is 4.53. The first kappa shape index (κ1) is 16.5. The Morgan fingerprint density at radius 2 is 1.88 bits per heavy atom. The van der Waals surface area contributed by atoms with Gasteiger partial charge in [-0.25, -0.2) is 0 Å². The molecule has 126 valence electrons. The Kier molecular flexibility index (Phi) is 5.16. The van der Waals surface area contributed by atoms with E-state index in [4.69, 9.17) is 4.74 Å². The zero-order chi connectivity index (χ0) is 16.9. The molecule has 1 N–H and O–H groups in total. The molecule has 1 heterocycles. The third kappa shape index (κ3) is 3.77. The molecule has 0 aliphatic carbocycles. The molecule has 0 spiro atoms. The van der Waals surface area contributed by atoms with Crippen molar-refractivity contribution >= 4 is 5.91 Å². The molecule has 0 aromatic heterocycles. The van der Waals surface area contributed by atoms with Crippen molar-refractivity contribution in [2.45, 2.75) is 25.9 Å². The molecular formula is C20H24N2O2. The number of likely N-dealkylation sites (N-methyl/N-ethyl adjacent to an activating group) is 1. The lowest BCUT2D eigenvalue weighted by atomic mass is 9.95. The maximum absolute atomic E-state index is 12.6. The number of rotatable bonds is 5. The van der Waals surface area contributed by atoms with Crippen molar-refractivity contribution in [1.82, 2.24) is 10.2 Å². The van der Waals surface area contributed by atoms with Crippen molar-refractivity contribution in [2.24, 2.45) is 0 Å². The molecular weight excluding hydrogens is 300 g/mol. The van der Waals surface area contributed by atoms with Gasteiger partial charge < -0.3 is 15.0 Å². The predicted molar refractivity (Wildman–Crippen MR) is 95.1 cm³/mol. The minimum Gasteiger partial charge on any atom is -0.491 e. The number of benzene rings is 2. The average Bonchev–Trinajstić information content (AvgIpc) is 2.62. The fraction of sp³-hybridized carbons (Fsp3) is 0.350. The number of nitrogens with zero attached hydrogens (tertiary/aromatic N) is 1. The summed E-state index contributed by atoms with van der Waals surface area (Å²) < 4.78 is 5.79. The standard InChI is InChI=1S/C20H24N2O2/c1-15-7-3-6-10-19(15)24-12-11-22(2)20(23)18-13-16-8-4-5-9-17(16)14-21-18/h3-10,18,21H,11-14H2,1-2H3. The smallest absolute Gasteiger partial charge is 0.239 e. The van der Waals surface area contributed by atoms with Crippen LogP contribution < -0.4 is 10.1 Å². The normalized spacial score (nSPS) is 16.3. The molecule has 1 unspecified atom stereocenters. The van der Waals surface area contributed by atoms with Gasteiger partial charge in [0.25, 0.3) is 0 Å². The fourth-order valence-corrected chi connectivity index (χ4v) is 3.02. The fourth-order valence-electron chi connectivity index (χ4n) is 3.02. The molecule has 0 bridgehead atoms. The van der Waals surface area contributed by atoms with E-state index >= 15 is 0 Å². The van der Waals surface area contributed by atoms with Gasteiger partial charge in [0, 0.05) is 13.6 Å². The van der Waals surface area contributed by atoms with Crippen molar-refractivity contribution in [1.29, 1.82) is 0 Å². The van der Waals surface area contributed by atoms with Crippen LogP contribution in [-0.4, -0.2) is 37.0 Å². The first-order chi connectivity index (χ1) is 11.6. The number of hydrogen-bond donors (Lipinski definition) is 1. The predicted octanol–water partition coefficient (Wildman–Crippen LogP) is 2.55. The van der Waals surface area contributed by atoms with Gasteiger partial charge in [0.1, 0.15) is 12.4 Å². The number of nitrogens with one attached hydrogen (secondary N) is 1. The largest absolute Gasteiger partial charge is 0.491 e. The summed E-state index contributed by atoms with van der Waals surface area (Å²) in [5.74, 6) is 1.00. The summed E-state index contributed by atoms with van der Waals surface area (Å²) in [5, 5.41) is 3.34. The van der Waals surface area contributed by atoms with Gasteiger partial charge in [-0.1, -0.05) is 42.5 Å². The van der Waals surface area contributed by atoms with E-state index in [9.17, 15) is 4.79 Å². The molecule has 1 aliphatic heterocycles. The lowest BCUT2D eigenvalue weighted by molar-refractivity contribution is -0.132. The average molecular weight is 324 g/mol. The highest BCUT2D eigenvalue weighted by Crippen LogP contribution is 2.18. The van der Waals surface area contributed by atoms with Gasteiger partial charge in [-0.15, -0.1) is 0 Å². The Balaban J connectivity index is 1.51. The second kappa shape index (κ2) is 7.49. The molecule has 1 atom stereocenters. The van der Waals surface area contributed by atoms with Crippen LogP contribution in [0.3, 0.4) is 0 Å². The van der Waals surface area contributed by atoms with Crippen molar-refractivity contribution in [3.8, 4) is 5.75 Å². The first-order valence-corrected chi connectivity index (χ1v) is 8.38. The van der Waals surface area contributed by atoms with Crippen LogP contribution in [0, 0.1) is 6.92 Å². The van der Waals surface area contributed by atoms with E-state index < -0.39 is 0 Å². The number of aryl methyl sites for hydroxylation is 1. The van der Waals surface area contributed by atoms with E-state index in [0.29, 0.717) is 13.2 Å². The summed E-state index contributed by atoms with van der Waals surface area (Å²) in [6.07, 6.45) is 0.748. The number of hydrogen-bond acceptors (Lipinski definition) is 3. The van der Waals surface area contributed by atoms with Crippen LogP contribution in [0.2, 0.25) is 0 Å². The van der Waals surface area contributed by atoms with Crippen molar-refractivity contribution in [2.75, 3.05) is 20.2 Å². The van der Waals surface area contributed by atoms with Crippen molar-refractivity contribution in [3.63, 3.8) is 0 Å². The molecule has 2 aromatic rings. The molecule has 0 saturated carbocycles. The quantitative estimate of drug-likeness (QED) is 0.919. The monoisotopic (exact) mass is 324 g/mol. The van der Waals surface area contributed by atoms with Crippen LogP contribution in [0.4, 0.5) is 0 Å². The minimum atomic E-state index is -0.150. The molecule has 4 heteroatoms. The second-order valence-electron chi connectivity index (χ2n) is 6.28. The van der Waals surface area contributed by atoms with Gasteiger partial charge in [-0.3, -0.25) is 4.79 Å². The van der Waals surface area contributed by atoms with Gasteiger partial charge in [0.05, 0.1) is 12.6 Å². The van der Waals surface area contributed by atoms with E-state index in [-0.39, 0.29) is 11.9 Å². The highest BCUT2D eigenvalue weighted by atomic mass is 16.5. The van der Waals surface area contributed by atoms with Gasteiger partial charge in [-0.2, -0.15) is 0 Å². The van der Waals surface area contributed by atoms with Crippen LogP contribution in [0.15, 0.2) is 48.5 Å². The molecule has 0 saturated heterocycles. The van der Waals surface area contributed by atoms with E-state index in [1.807, 2.05) is 50.4 Å². The van der Waals surface area contributed by atoms with Crippen molar-refractivity contribution < 1.29 is 9.53 Å². The van der Waals surface area contributed by atoms with E-state index in [0.717, 1.165) is 24.3 Å².